The molecule has 7 heteroatoms. The lowest BCUT2D eigenvalue weighted by Gasteiger charge is -2.14. The van der Waals surface area contributed by atoms with E-state index in [1.54, 1.807) is 0 Å². The zero-order chi connectivity index (χ0) is 19.8. The van der Waals surface area contributed by atoms with Gasteiger partial charge in [-0.2, -0.15) is 0 Å². The number of aryl methyl sites for hydroxylation is 2. The highest BCUT2D eigenvalue weighted by Crippen LogP contribution is 2.40. The second-order valence-electron chi connectivity index (χ2n) is 5.73. The molecule has 0 aromatic heterocycles. The maximum Gasteiger partial charge on any atom is 0.343 e. The van der Waals surface area contributed by atoms with Crippen molar-refractivity contribution < 1.29 is 28.5 Å². The predicted octanol–water partition coefficient (Wildman–Crippen LogP) is 3.56. The van der Waals surface area contributed by atoms with Gasteiger partial charge in [-0.3, -0.25) is 0 Å². The molecule has 0 aliphatic rings. The topological polar surface area (TPSA) is 71.1 Å². The van der Waals surface area contributed by atoms with Crippen LogP contribution in [0.2, 0.25) is 0 Å². The van der Waals surface area contributed by atoms with E-state index in [4.69, 9.17) is 9.47 Å². The van der Waals surface area contributed by atoms with E-state index in [0.717, 1.165) is 20.9 Å². The molecule has 6 nitrogen and oxygen atoms in total. The molecule has 0 bridgehead atoms. The van der Waals surface area contributed by atoms with E-state index < -0.39 is 11.9 Å². The van der Waals surface area contributed by atoms with E-state index in [0.29, 0.717) is 11.5 Å². The summed E-state index contributed by atoms with van der Waals surface area (Å²) in [5, 5.41) is 0. The van der Waals surface area contributed by atoms with Crippen molar-refractivity contribution in [2.45, 2.75) is 23.6 Å². The van der Waals surface area contributed by atoms with E-state index in [-0.39, 0.29) is 13.2 Å². The molecular formula is C20H22O6S. The number of hydrogen-bond donors (Lipinski definition) is 0. The quantitative estimate of drug-likeness (QED) is 0.638. The second-order valence-corrected chi connectivity index (χ2v) is 6.82. The number of rotatable bonds is 8. The van der Waals surface area contributed by atoms with Crippen LogP contribution in [-0.4, -0.2) is 39.4 Å². The van der Waals surface area contributed by atoms with Gasteiger partial charge in [-0.25, -0.2) is 9.59 Å². The van der Waals surface area contributed by atoms with E-state index in [9.17, 15) is 9.59 Å². The summed E-state index contributed by atoms with van der Waals surface area (Å²) in [6.45, 7) is 3.59. The molecule has 0 amide bonds. The number of esters is 2. The smallest absolute Gasteiger partial charge is 0.343 e. The first-order chi connectivity index (χ1) is 12.9. The van der Waals surface area contributed by atoms with Gasteiger partial charge >= 0.3 is 11.9 Å². The molecule has 0 heterocycles. The molecule has 2 rings (SSSR count). The van der Waals surface area contributed by atoms with E-state index in [1.165, 1.54) is 26.0 Å². The van der Waals surface area contributed by atoms with Crippen LogP contribution in [0, 0.1) is 13.8 Å². The van der Waals surface area contributed by atoms with Gasteiger partial charge in [0, 0.05) is 0 Å². The zero-order valence-corrected chi connectivity index (χ0v) is 16.6. The SMILES string of the molecule is COC(=O)COc1ccc(C)cc1Sc1cc(C)ccc1OCC(=O)OC. The summed E-state index contributed by atoms with van der Waals surface area (Å²) in [7, 11) is 2.63. The Morgan fingerprint density at radius 1 is 0.778 bits per heavy atom. The molecule has 0 N–H and O–H groups in total. The van der Waals surface area contributed by atoms with Crippen LogP contribution in [0.15, 0.2) is 46.2 Å². The minimum atomic E-state index is -0.454. The summed E-state index contributed by atoms with van der Waals surface area (Å²) < 4.78 is 20.4. The largest absolute Gasteiger partial charge is 0.481 e. The monoisotopic (exact) mass is 390 g/mol. The summed E-state index contributed by atoms with van der Waals surface area (Å²) >= 11 is 1.43. The average Bonchev–Trinajstić information content (AvgIpc) is 2.66. The van der Waals surface area contributed by atoms with Gasteiger partial charge in [0.1, 0.15) is 11.5 Å². The van der Waals surface area contributed by atoms with Gasteiger partial charge in [-0.05, 0) is 49.2 Å². The number of ether oxygens (including phenoxy) is 4. The fourth-order valence-corrected chi connectivity index (χ4v) is 3.32. The summed E-state index contributed by atoms with van der Waals surface area (Å²) in [4.78, 5) is 24.4. The van der Waals surface area contributed by atoms with Crippen LogP contribution < -0.4 is 9.47 Å². The Hall–Kier alpha value is -2.67. The van der Waals surface area contributed by atoms with Crippen molar-refractivity contribution in [1.82, 2.24) is 0 Å². The van der Waals surface area contributed by atoms with E-state index >= 15 is 0 Å². The van der Waals surface area contributed by atoms with Crippen LogP contribution in [0.5, 0.6) is 11.5 Å². The van der Waals surface area contributed by atoms with Gasteiger partial charge in [-0.15, -0.1) is 0 Å². The molecule has 27 heavy (non-hydrogen) atoms. The molecule has 0 saturated heterocycles. The number of carbonyl (C=O) groups excluding carboxylic acids is 2. The average molecular weight is 390 g/mol. The third kappa shape index (κ3) is 6.21. The molecule has 0 spiro atoms. The summed E-state index contributed by atoms with van der Waals surface area (Å²) in [5.74, 6) is 0.223. The Kier molecular flexibility index (Phi) is 7.55. The highest BCUT2D eigenvalue weighted by atomic mass is 32.2. The number of methoxy groups -OCH3 is 2. The van der Waals surface area contributed by atoms with E-state index in [2.05, 4.69) is 9.47 Å². The Bertz CT molecular complexity index is 751. The third-order valence-electron chi connectivity index (χ3n) is 3.56. The Morgan fingerprint density at radius 3 is 1.56 bits per heavy atom. The summed E-state index contributed by atoms with van der Waals surface area (Å²) in [5.41, 5.74) is 2.10. The number of hydrogen-bond acceptors (Lipinski definition) is 7. The van der Waals surface area contributed by atoms with Crippen LogP contribution in [0.25, 0.3) is 0 Å². The molecule has 0 atom stereocenters. The maximum absolute atomic E-state index is 11.4. The minimum absolute atomic E-state index is 0.174. The Labute approximate surface area is 162 Å². The van der Waals surface area contributed by atoms with Crippen molar-refractivity contribution in [2.24, 2.45) is 0 Å². The van der Waals surface area contributed by atoms with Crippen LogP contribution in [0.3, 0.4) is 0 Å². The van der Waals surface area contributed by atoms with Crippen molar-refractivity contribution in [3.8, 4) is 11.5 Å². The molecule has 0 saturated carbocycles. The molecule has 144 valence electrons. The molecule has 0 radical (unpaired) electrons. The standard InChI is InChI=1S/C20H22O6S/c1-13-5-7-15(25-11-19(21)23-3)17(9-13)27-18-10-14(2)6-8-16(18)26-12-20(22)24-4/h5-10H,11-12H2,1-4H3. The van der Waals surface area contributed by atoms with E-state index in [1.807, 2.05) is 50.2 Å². The van der Waals surface area contributed by atoms with Gasteiger partial charge in [0.05, 0.1) is 24.0 Å². The predicted molar refractivity (Wildman–Crippen MR) is 102 cm³/mol. The van der Waals surface area contributed by atoms with Crippen molar-refractivity contribution in [1.29, 1.82) is 0 Å². The molecule has 0 aliphatic heterocycles. The number of carbonyl (C=O) groups is 2. The van der Waals surface area contributed by atoms with Crippen molar-refractivity contribution in [2.75, 3.05) is 27.4 Å². The van der Waals surface area contributed by atoms with Crippen LogP contribution >= 0.6 is 11.8 Å². The van der Waals surface area contributed by atoms with Crippen LogP contribution in [-0.2, 0) is 19.1 Å². The van der Waals surface area contributed by atoms with Crippen LogP contribution in [0.1, 0.15) is 11.1 Å². The number of benzene rings is 2. The lowest BCUT2D eigenvalue weighted by atomic mass is 10.2. The first kappa shape index (κ1) is 20.6. The van der Waals surface area contributed by atoms with Gasteiger partial charge in [-0.1, -0.05) is 23.9 Å². The lowest BCUT2D eigenvalue weighted by Crippen LogP contribution is -2.13. The lowest BCUT2D eigenvalue weighted by molar-refractivity contribution is -0.143. The van der Waals surface area contributed by atoms with Crippen LogP contribution in [0.4, 0.5) is 0 Å². The van der Waals surface area contributed by atoms with Gasteiger partial charge in [0.15, 0.2) is 13.2 Å². The second kappa shape index (κ2) is 9.87. The molecule has 0 aliphatic carbocycles. The first-order valence-corrected chi connectivity index (χ1v) is 9.03. The highest BCUT2D eigenvalue weighted by molar-refractivity contribution is 7.99. The van der Waals surface area contributed by atoms with Crippen molar-refractivity contribution in [3.63, 3.8) is 0 Å². The van der Waals surface area contributed by atoms with Gasteiger partial charge in [0.25, 0.3) is 0 Å². The molecule has 0 unspecified atom stereocenters. The Morgan fingerprint density at radius 2 is 1.19 bits per heavy atom. The third-order valence-corrected chi connectivity index (χ3v) is 4.64. The molecular weight excluding hydrogens is 368 g/mol. The normalized spacial score (nSPS) is 10.2. The zero-order valence-electron chi connectivity index (χ0n) is 15.7. The molecule has 0 fully saturated rings. The Balaban J connectivity index is 2.27. The fourth-order valence-electron chi connectivity index (χ4n) is 2.14. The van der Waals surface area contributed by atoms with Crippen molar-refractivity contribution in [3.05, 3.63) is 47.5 Å². The molecule has 2 aromatic rings. The summed E-state index contributed by atoms with van der Waals surface area (Å²) in [6.07, 6.45) is 0. The van der Waals surface area contributed by atoms with Crippen molar-refractivity contribution >= 4 is 23.7 Å². The summed E-state index contributed by atoms with van der Waals surface area (Å²) in [6, 6.07) is 11.4. The first-order valence-electron chi connectivity index (χ1n) is 8.21. The fraction of sp³-hybridized carbons (Fsp3) is 0.300. The minimum Gasteiger partial charge on any atom is -0.481 e. The highest BCUT2D eigenvalue weighted by Gasteiger charge is 2.13. The van der Waals surface area contributed by atoms with Gasteiger partial charge in [0.2, 0.25) is 0 Å². The molecule has 2 aromatic carbocycles. The maximum atomic E-state index is 11.4. The van der Waals surface area contributed by atoms with Gasteiger partial charge < -0.3 is 18.9 Å².